The number of nitrogens with two attached hydrogens (primary N) is 1. The molecular formula is C20H28N6O3. The van der Waals surface area contributed by atoms with Gasteiger partial charge >= 0.3 is 0 Å². The predicted molar refractivity (Wildman–Crippen MR) is 110 cm³/mol. The summed E-state index contributed by atoms with van der Waals surface area (Å²) in [5, 5.41) is 12.9. The molecule has 0 unspecified atom stereocenters. The first-order valence-corrected chi connectivity index (χ1v) is 9.52. The van der Waals surface area contributed by atoms with Gasteiger partial charge in [0.2, 0.25) is 5.91 Å². The molecule has 0 aliphatic carbocycles. The van der Waals surface area contributed by atoms with E-state index in [2.05, 4.69) is 39.9 Å². The zero-order valence-corrected chi connectivity index (χ0v) is 17.0. The van der Waals surface area contributed by atoms with Crippen LogP contribution in [0.4, 0.5) is 0 Å². The minimum atomic E-state index is -0.585. The van der Waals surface area contributed by atoms with Gasteiger partial charge in [-0.3, -0.25) is 9.59 Å². The molecule has 0 fully saturated rings. The van der Waals surface area contributed by atoms with Crippen LogP contribution >= 0.6 is 0 Å². The third kappa shape index (κ3) is 7.28. The fourth-order valence-corrected chi connectivity index (χ4v) is 2.40. The van der Waals surface area contributed by atoms with Gasteiger partial charge in [-0.15, -0.1) is 0 Å². The second kappa shape index (κ2) is 10.8. The van der Waals surface area contributed by atoms with Gasteiger partial charge < -0.3 is 26.2 Å². The molecule has 2 amide bonds. The van der Waals surface area contributed by atoms with E-state index in [4.69, 9.17) is 10.3 Å². The summed E-state index contributed by atoms with van der Waals surface area (Å²) in [6.07, 6.45) is 0. The summed E-state index contributed by atoms with van der Waals surface area (Å²) in [6, 6.07) is 8.94. The second-order valence-corrected chi connectivity index (χ2v) is 6.77. The largest absolute Gasteiger partial charge is 0.368 e. The van der Waals surface area contributed by atoms with Crippen molar-refractivity contribution in [2.45, 2.75) is 39.8 Å². The van der Waals surface area contributed by atoms with Crippen LogP contribution in [0.1, 0.15) is 54.1 Å². The number of nitrogens with zero attached hydrogens (tertiary/aromatic N) is 2. The van der Waals surface area contributed by atoms with E-state index >= 15 is 0 Å². The van der Waals surface area contributed by atoms with Crippen molar-refractivity contribution in [1.29, 1.82) is 0 Å². The van der Waals surface area contributed by atoms with Gasteiger partial charge in [-0.25, -0.2) is 4.99 Å². The molecule has 0 bridgehead atoms. The van der Waals surface area contributed by atoms with Crippen molar-refractivity contribution in [3.8, 4) is 0 Å². The fourth-order valence-electron chi connectivity index (χ4n) is 2.40. The normalized spacial score (nSPS) is 11.4. The van der Waals surface area contributed by atoms with E-state index in [1.54, 1.807) is 12.1 Å². The Balaban J connectivity index is 1.93. The summed E-state index contributed by atoms with van der Waals surface area (Å²) >= 11 is 0. The lowest BCUT2D eigenvalue weighted by molar-refractivity contribution is -0.117. The molecule has 1 aromatic carbocycles. The Hall–Kier alpha value is -3.36. The minimum Gasteiger partial charge on any atom is -0.368 e. The molecular weight excluding hydrogens is 372 g/mol. The van der Waals surface area contributed by atoms with Crippen LogP contribution in [0.3, 0.4) is 0 Å². The van der Waals surface area contributed by atoms with Gasteiger partial charge in [0, 0.05) is 18.2 Å². The Morgan fingerprint density at radius 3 is 2.48 bits per heavy atom. The smallest absolute Gasteiger partial charge is 0.251 e. The highest BCUT2D eigenvalue weighted by molar-refractivity contribution is 5.96. The Labute approximate surface area is 170 Å². The van der Waals surface area contributed by atoms with E-state index in [0.717, 1.165) is 23.6 Å². The van der Waals surface area contributed by atoms with Crippen LogP contribution in [0.15, 0.2) is 39.8 Å². The quantitative estimate of drug-likeness (QED) is 0.370. The van der Waals surface area contributed by atoms with Gasteiger partial charge in [0.25, 0.3) is 5.91 Å². The van der Waals surface area contributed by atoms with Crippen LogP contribution in [0.25, 0.3) is 0 Å². The summed E-state index contributed by atoms with van der Waals surface area (Å²) in [5.41, 5.74) is 7.34. The average molecular weight is 400 g/mol. The number of hydrogen-bond donors (Lipinski definition) is 4. The third-order valence-corrected chi connectivity index (χ3v) is 4.00. The van der Waals surface area contributed by atoms with Crippen LogP contribution < -0.4 is 21.7 Å². The number of nitrogens with one attached hydrogen (secondary N) is 3. The summed E-state index contributed by atoms with van der Waals surface area (Å²) in [6.45, 7) is 7.56. The number of primary amides is 1. The number of aromatic nitrogens is 1. The van der Waals surface area contributed by atoms with E-state index in [-0.39, 0.29) is 12.5 Å². The Morgan fingerprint density at radius 2 is 1.90 bits per heavy atom. The van der Waals surface area contributed by atoms with Gasteiger partial charge in [-0.1, -0.05) is 31.1 Å². The van der Waals surface area contributed by atoms with Crippen LogP contribution in [0, 0.1) is 0 Å². The first-order valence-electron chi connectivity index (χ1n) is 9.52. The molecule has 2 aromatic rings. The van der Waals surface area contributed by atoms with Crippen molar-refractivity contribution in [3.63, 3.8) is 0 Å². The Morgan fingerprint density at radius 1 is 1.17 bits per heavy atom. The van der Waals surface area contributed by atoms with Crippen molar-refractivity contribution >= 4 is 17.8 Å². The summed E-state index contributed by atoms with van der Waals surface area (Å²) in [7, 11) is 0. The number of hydrogen-bond acceptors (Lipinski definition) is 5. The molecule has 156 valence electrons. The van der Waals surface area contributed by atoms with E-state index in [1.165, 1.54) is 0 Å². The first kappa shape index (κ1) is 21.9. The van der Waals surface area contributed by atoms with Gasteiger partial charge in [-0.2, -0.15) is 0 Å². The lowest BCUT2D eigenvalue weighted by atomic mass is 10.1. The SMILES string of the molecule is CCNC(=NCc1ccc(C(=O)NCC(N)=O)cc1)NCc1cc(C(C)C)no1. The number of guanidine groups is 1. The highest BCUT2D eigenvalue weighted by Crippen LogP contribution is 2.13. The van der Waals surface area contributed by atoms with Gasteiger partial charge in [0.1, 0.15) is 0 Å². The zero-order chi connectivity index (χ0) is 21.2. The molecule has 0 atom stereocenters. The van der Waals surface area contributed by atoms with E-state index in [1.807, 2.05) is 25.1 Å². The molecule has 0 aliphatic rings. The zero-order valence-electron chi connectivity index (χ0n) is 17.0. The minimum absolute atomic E-state index is 0.188. The van der Waals surface area contributed by atoms with Crippen LogP contribution in [0.2, 0.25) is 0 Å². The molecule has 29 heavy (non-hydrogen) atoms. The van der Waals surface area contributed by atoms with E-state index in [9.17, 15) is 9.59 Å². The summed E-state index contributed by atoms with van der Waals surface area (Å²) in [5.74, 6) is 0.777. The molecule has 0 radical (unpaired) electrons. The summed E-state index contributed by atoms with van der Waals surface area (Å²) in [4.78, 5) is 27.2. The Bertz CT molecular complexity index is 842. The lowest BCUT2D eigenvalue weighted by Crippen LogP contribution is -2.36. The maximum absolute atomic E-state index is 11.9. The molecule has 0 spiro atoms. The third-order valence-electron chi connectivity index (χ3n) is 4.00. The van der Waals surface area contributed by atoms with Crippen molar-refractivity contribution in [2.24, 2.45) is 10.7 Å². The van der Waals surface area contributed by atoms with Crippen molar-refractivity contribution in [3.05, 3.63) is 52.9 Å². The average Bonchev–Trinajstić information content (AvgIpc) is 3.18. The molecule has 9 heteroatoms. The van der Waals surface area contributed by atoms with Crippen LogP contribution in [-0.2, 0) is 17.9 Å². The number of amides is 2. The molecule has 0 aliphatic heterocycles. The van der Waals surface area contributed by atoms with Crippen LogP contribution in [-0.4, -0.2) is 36.0 Å². The van der Waals surface area contributed by atoms with Crippen molar-refractivity contribution < 1.29 is 14.1 Å². The lowest BCUT2D eigenvalue weighted by Gasteiger charge is -2.10. The van der Waals surface area contributed by atoms with E-state index in [0.29, 0.717) is 30.5 Å². The number of carbonyl (C=O) groups excluding carboxylic acids is 2. The second-order valence-electron chi connectivity index (χ2n) is 6.77. The number of aliphatic imine (C=N–C) groups is 1. The van der Waals surface area contributed by atoms with Gasteiger partial charge in [0.15, 0.2) is 11.7 Å². The molecule has 9 nitrogen and oxygen atoms in total. The van der Waals surface area contributed by atoms with Crippen molar-refractivity contribution in [2.75, 3.05) is 13.1 Å². The number of carbonyl (C=O) groups is 2. The number of rotatable bonds is 9. The molecule has 1 heterocycles. The molecule has 1 aromatic heterocycles. The fraction of sp³-hybridized carbons (Fsp3) is 0.400. The Kier molecular flexibility index (Phi) is 8.20. The predicted octanol–water partition coefficient (Wildman–Crippen LogP) is 1.27. The maximum Gasteiger partial charge on any atom is 0.251 e. The molecule has 2 rings (SSSR count). The highest BCUT2D eigenvalue weighted by Gasteiger charge is 2.09. The molecule has 0 saturated carbocycles. The van der Waals surface area contributed by atoms with Crippen LogP contribution in [0.5, 0.6) is 0 Å². The summed E-state index contributed by atoms with van der Waals surface area (Å²) < 4.78 is 5.33. The topological polar surface area (TPSA) is 135 Å². The monoisotopic (exact) mass is 400 g/mol. The van der Waals surface area contributed by atoms with E-state index < -0.39 is 5.91 Å². The molecule has 0 saturated heterocycles. The standard InChI is InChI=1S/C20H28N6O3/c1-4-22-20(25-11-16-9-17(13(2)3)26-29-16)24-10-14-5-7-15(8-6-14)19(28)23-12-18(21)27/h5-9,13H,4,10-12H2,1-3H3,(H2,21,27)(H,23,28)(H2,22,24,25). The molecule has 5 N–H and O–H groups in total. The van der Waals surface area contributed by atoms with Gasteiger partial charge in [-0.05, 0) is 30.5 Å². The van der Waals surface area contributed by atoms with Crippen molar-refractivity contribution in [1.82, 2.24) is 21.1 Å². The van der Waals surface area contributed by atoms with Gasteiger partial charge in [0.05, 0.1) is 25.3 Å². The maximum atomic E-state index is 11.9. The first-order chi connectivity index (χ1) is 13.9. The highest BCUT2D eigenvalue weighted by atomic mass is 16.5. The number of benzene rings is 1.